The molecule has 0 rings (SSSR count). The fourth-order valence-corrected chi connectivity index (χ4v) is 0.897. The molecule has 0 aliphatic rings. The van der Waals surface area contributed by atoms with Gasteiger partial charge in [0.05, 0.1) is 0 Å². The van der Waals surface area contributed by atoms with Crippen LogP contribution in [0.4, 0.5) is 0 Å². The van der Waals surface area contributed by atoms with E-state index in [0.717, 1.165) is 6.42 Å². The molecule has 73 valence electrons. The molecule has 0 aromatic rings. The topological polar surface area (TPSA) is 29.5 Å². The van der Waals surface area contributed by atoms with E-state index >= 15 is 0 Å². The Kier molecular flexibility index (Phi) is 7.51. The van der Waals surface area contributed by atoms with Crippen LogP contribution in [0.3, 0.4) is 0 Å². The molecule has 0 saturated carbocycles. The van der Waals surface area contributed by atoms with Gasteiger partial charge in [-0.1, -0.05) is 33.1 Å². The summed E-state index contributed by atoms with van der Waals surface area (Å²) in [7, 11) is 0. The molecule has 0 aliphatic heterocycles. The highest BCUT2D eigenvalue weighted by molar-refractivity contribution is 4.56. The van der Waals surface area contributed by atoms with E-state index in [4.69, 9.17) is 4.74 Å². The monoisotopic (exact) mass is 173 g/mol. The van der Waals surface area contributed by atoms with Crippen molar-refractivity contribution in [3.8, 4) is 0 Å². The summed E-state index contributed by atoms with van der Waals surface area (Å²) >= 11 is 0. The van der Waals surface area contributed by atoms with Gasteiger partial charge >= 0.3 is 0 Å². The van der Waals surface area contributed by atoms with Gasteiger partial charge in [0.2, 0.25) is 0 Å². The SMILES string of the molecule is [CH2][C@H](C)C(O)OCCCCCC. The average Bonchev–Trinajstić information content (AvgIpc) is 2.03. The molecule has 0 fully saturated rings. The van der Waals surface area contributed by atoms with Crippen LogP contribution in [0.25, 0.3) is 0 Å². The zero-order valence-corrected chi connectivity index (χ0v) is 8.25. The van der Waals surface area contributed by atoms with Gasteiger partial charge in [0.25, 0.3) is 0 Å². The number of aliphatic hydroxyl groups excluding tert-OH is 1. The van der Waals surface area contributed by atoms with Crippen molar-refractivity contribution in [2.24, 2.45) is 5.92 Å². The normalized spacial score (nSPS) is 13.8. The van der Waals surface area contributed by atoms with Gasteiger partial charge in [-0.3, -0.25) is 0 Å². The smallest absolute Gasteiger partial charge is 0.157 e. The zero-order chi connectivity index (χ0) is 9.40. The lowest BCUT2D eigenvalue weighted by Gasteiger charge is -2.14. The minimum Gasteiger partial charge on any atom is -0.368 e. The van der Waals surface area contributed by atoms with E-state index in [1.807, 2.05) is 6.92 Å². The molecule has 0 aliphatic carbocycles. The van der Waals surface area contributed by atoms with Gasteiger partial charge in [-0.2, -0.15) is 0 Å². The maximum absolute atomic E-state index is 9.20. The highest BCUT2D eigenvalue weighted by Gasteiger charge is 2.07. The number of rotatable bonds is 7. The van der Waals surface area contributed by atoms with Crippen molar-refractivity contribution >= 4 is 0 Å². The van der Waals surface area contributed by atoms with Gasteiger partial charge in [0.1, 0.15) is 0 Å². The number of hydrogen-bond acceptors (Lipinski definition) is 2. The highest BCUT2D eigenvalue weighted by Crippen LogP contribution is 2.04. The fraction of sp³-hybridized carbons (Fsp3) is 0.900. The minimum absolute atomic E-state index is 0.0452. The quantitative estimate of drug-likeness (QED) is 0.473. The fourth-order valence-electron chi connectivity index (χ4n) is 0.897. The summed E-state index contributed by atoms with van der Waals surface area (Å²) in [6, 6.07) is 0. The molecule has 2 heteroatoms. The lowest BCUT2D eigenvalue weighted by molar-refractivity contribution is -0.121. The van der Waals surface area contributed by atoms with Gasteiger partial charge < -0.3 is 9.84 Å². The second-order valence-corrected chi connectivity index (χ2v) is 3.30. The third kappa shape index (κ3) is 6.62. The summed E-state index contributed by atoms with van der Waals surface area (Å²) < 4.78 is 5.14. The molecule has 0 saturated heterocycles. The molecule has 2 nitrogen and oxygen atoms in total. The van der Waals surface area contributed by atoms with Crippen LogP contribution in [-0.2, 0) is 4.74 Å². The summed E-state index contributed by atoms with van der Waals surface area (Å²) in [6.07, 6.45) is 4.02. The second kappa shape index (κ2) is 7.56. The second-order valence-electron chi connectivity index (χ2n) is 3.30. The number of unbranched alkanes of at least 4 members (excludes halogenated alkanes) is 3. The van der Waals surface area contributed by atoms with Gasteiger partial charge in [-0.25, -0.2) is 0 Å². The van der Waals surface area contributed by atoms with Crippen LogP contribution in [0.5, 0.6) is 0 Å². The van der Waals surface area contributed by atoms with Crippen molar-refractivity contribution in [3.05, 3.63) is 6.92 Å². The number of aliphatic hydroxyl groups is 1. The Morgan fingerprint density at radius 3 is 2.50 bits per heavy atom. The first-order valence-electron chi connectivity index (χ1n) is 4.81. The molecule has 1 unspecified atom stereocenters. The van der Waals surface area contributed by atoms with Crippen molar-refractivity contribution in [2.75, 3.05) is 6.61 Å². The maximum Gasteiger partial charge on any atom is 0.157 e. The van der Waals surface area contributed by atoms with Crippen molar-refractivity contribution in [2.45, 2.75) is 45.8 Å². The molecular formula is C10H21O2. The van der Waals surface area contributed by atoms with Crippen molar-refractivity contribution in [3.63, 3.8) is 0 Å². The Labute approximate surface area is 75.9 Å². The molecule has 0 amide bonds. The van der Waals surface area contributed by atoms with Crippen molar-refractivity contribution in [1.29, 1.82) is 0 Å². The van der Waals surface area contributed by atoms with E-state index < -0.39 is 6.29 Å². The lowest BCUT2D eigenvalue weighted by atomic mass is 10.2. The molecule has 0 heterocycles. The summed E-state index contributed by atoms with van der Waals surface area (Å²) in [5.41, 5.74) is 0. The first-order valence-corrected chi connectivity index (χ1v) is 4.81. The zero-order valence-electron chi connectivity index (χ0n) is 8.25. The largest absolute Gasteiger partial charge is 0.368 e. The maximum atomic E-state index is 9.20. The summed E-state index contributed by atoms with van der Waals surface area (Å²) in [5, 5.41) is 9.20. The molecular weight excluding hydrogens is 152 g/mol. The molecule has 0 spiro atoms. The summed E-state index contributed by atoms with van der Waals surface area (Å²) in [6.45, 7) is 8.35. The number of hydrogen-bond donors (Lipinski definition) is 1. The Balaban J connectivity index is 3.08. The third-order valence-corrected chi connectivity index (χ3v) is 1.77. The average molecular weight is 173 g/mol. The van der Waals surface area contributed by atoms with Crippen molar-refractivity contribution in [1.82, 2.24) is 0 Å². The van der Waals surface area contributed by atoms with Crippen LogP contribution >= 0.6 is 0 Å². The summed E-state index contributed by atoms with van der Waals surface area (Å²) in [5.74, 6) is -0.0452. The molecule has 0 bridgehead atoms. The van der Waals surface area contributed by atoms with Crippen molar-refractivity contribution < 1.29 is 9.84 Å². The predicted molar refractivity (Wildman–Crippen MR) is 50.6 cm³/mol. The van der Waals surface area contributed by atoms with Gasteiger partial charge in [-0.05, 0) is 13.3 Å². The van der Waals surface area contributed by atoms with E-state index in [1.165, 1.54) is 19.3 Å². The van der Waals surface area contributed by atoms with E-state index in [2.05, 4.69) is 13.8 Å². The van der Waals surface area contributed by atoms with Gasteiger partial charge in [0, 0.05) is 12.5 Å². The molecule has 0 aromatic carbocycles. The Morgan fingerprint density at radius 2 is 2.00 bits per heavy atom. The Morgan fingerprint density at radius 1 is 1.33 bits per heavy atom. The van der Waals surface area contributed by atoms with E-state index in [1.54, 1.807) is 0 Å². The molecule has 1 radical (unpaired) electrons. The van der Waals surface area contributed by atoms with Gasteiger partial charge in [-0.15, -0.1) is 0 Å². The molecule has 0 aromatic heterocycles. The highest BCUT2D eigenvalue weighted by atomic mass is 16.6. The number of ether oxygens (including phenoxy) is 1. The van der Waals surface area contributed by atoms with Crippen LogP contribution < -0.4 is 0 Å². The summed E-state index contributed by atoms with van der Waals surface area (Å²) in [4.78, 5) is 0. The Bertz CT molecular complexity index is 91.8. The standard InChI is InChI=1S/C10H21O2/c1-4-5-6-7-8-12-10(11)9(2)3/h9-11H,2,4-8H2,1,3H3/t9-,10?/m1/s1. The van der Waals surface area contributed by atoms with Crippen LogP contribution in [0.2, 0.25) is 0 Å². The first kappa shape index (κ1) is 11.9. The van der Waals surface area contributed by atoms with Gasteiger partial charge in [0.15, 0.2) is 6.29 Å². The first-order chi connectivity index (χ1) is 5.68. The van der Waals surface area contributed by atoms with Crippen LogP contribution in [0, 0.1) is 12.8 Å². The van der Waals surface area contributed by atoms with E-state index in [9.17, 15) is 5.11 Å². The third-order valence-electron chi connectivity index (χ3n) is 1.77. The molecule has 1 N–H and O–H groups in total. The van der Waals surface area contributed by atoms with E-state index in [0.29, 0.717) is 6.61 Å². The minimum atomic E-state index is -0.688. The van der Waals surface area contributed by atoms with Crippen LogP contribution in [0.15, 0.2) is 0 Å². The van der Waals surface area contributed by atoms with Crippen LogP contribution in [-0.4, -0.2) is 18.0 Å². The Hall–Kier alpha value is -0.0800. The van der Waals surface area contributed by atoms with Crippen LogP contribution in [0.1, 0.15) is 39.5 Å². The molecule has 2 atom stereocenters. The lowest BCUT2D eigenvalue weighted by Crippen LogP contribution is -2.19. The molecule has 12 heavy (non-hydrogen) atoms. The van der Waals surface area contributed by atoms with E-state index in [-0.39, 0.29) is 5.92 Å². The predicted octanol–water partition coefficient (Wildman–Crippen LogP) is 2.37.